The van der Waals surface area contributed by atoms with Crippen molar-refractivity contribution in [2.45, 2.75) is 57.9 Å². The van der Waals surface area contributed by atoms with E-state index in [0.29, 0.717) is 5.92 Å². The van der Waals surface area contributed by atoms with Gasteiger partial charge in [0, 0.05) is 6.04 Å². The molecule has 0 spiro atoms. The molecule has 3 atom stereocenters. The molecule has 1 rings (SSSR count). The maximum atomic E-state index is 9.97. The summed E-state index contributed by atoms with van der Waals surface area (Å²) in [5.74, 6) is 0.445. The van der Waals surface area contributed by atoms with Crippen molar-refractivity contribution in [2.24, 2.45) is 5.92 Å². The van der Waals surface area contributed by atoms with Crippen LogP contribution in [0.1, 0.15) is 39.5 Å². The first-order valence-electron chi connectivity index (χ1n) is 5.75. The average Bonchev–Trinajstić information content (AvgIpc) is 2.18. The average molecular weight is 327 g/mol. The Morgan fingerprint density at radius 1 is 1.33 bits per heavy atom. The SMILES string of the molecule is CC(C)C(OI)N(C)C1CCCCC1O. The second-order valence-corrected chi connectivity index (χ2v) is 5.32. The Kier molecular flexibility index (Phi) is 5.81. The summed E-state index contributed by atoms with van der Waals surface area (Å²) in [7, 11) is 2.06. The van der Waals surface area contributed by atoms with Crippen LogP contribution in [0.15, 0.2) is 0 Å². The number of aliphatic hydroxyl groups is 1. The Bertz CT molecular complexity index is 189. The molecule has 3 unspecified atom stereocenters. The van der Waals surface area contributed by atoms with Crippen LogP contribution in [-0.4, -0.2) is 35.4 Å². The van der Waals surface area contributed by atoms with Crippen molar-refractivity contribution in [3.8, 4) is 0 Å². The van der Waals surface area contributed by atoms with Crippen molar-refractivity contribution >= 4 is 23.0 Å². The zero-order chi connectivity index (χ0) is 11.4. The number of aliphatic hydroxyl groups excluding tert-OH is 1. The van der Waals surface area contributed by atoms with Crippen LogP contribution in [0.5, 0.6) is 0 Å². The zero-order valence-electron chi connectivity index (χ0n) is 9.82. The van der Waals surface area contributed by atoms with E-state index in [-0.39, 0.29) is 18.4 Å². The van der Waals surface area contributed by atoms with Crippen LogP contribution in [-0.2, 0) is 3.07 Å². The Morgan fingerprint density at radius 2 is 1.93 bits per heavy atom. The van der Waals surface area contributed by atoms with Gasteiger partial charge in [-0.2, -0.15) is 0 Å². The maximum absolute atomic E-state index is 9.97. The minimum Gasteiger partial charge on any atom is -0.391 e. The van der Waals surface area contributed by atoms with Gasteiger partial charge in [0.05, 0.1) is 6.10 Å². The number of hydrogen-bond donors (Lipinski definition) is 1. The van der Waals surface area contributed by atoms with Crippen molar-refractivity contribution in [3.05, 3.63) is 0 Å². The first kappa shape index (κ1) is 13.7. The molecule has 0 aliphatic heterocycles. The minimum atomic E-state index is -0.184. The number of hydrogen-bond acceptors (Lipinski definition) is 3. The summed E-state index contributed by atoms with van der Waals surface area (Å²) in [4.78, 5) is 2.20. The first-order valence-corrected chi connectivity index (χ1v) is 6.63. The van der Waals surface area contributed by atoms with Crippen LogP contribution >= 0.6 is 23.0 Å². The van der Waals surface area contributed by atoms with Crippen molar-refractivity contribution in [2.75, 3.05) is 7.05 Å². The molecular weight excluding hydrogens is 305 g/mol. The molecule has 0 heterocycles. The predicted molar refractivity (Wildman–Crippen MR) is 69.8 cm³/mol. The van der Waals surface area contributed by atoms with E-state index in [1.165, 1.54) is 6.42 Å². The van der Waals surface area contributed by atoms with Gasteiger partial charge in [0.15, 0.2) is 0 Å². The van der Waals surface area contributed by atoms with Gasteiger partial charge in [-0.15, -0.1) is 0 Å². The molecule has 0 aromatic carbocycles. The van der Waals surface area contributed by atoms with Crippen LogP contribution in [0, 0.1) is 5.92 Å². The van der Waals surface area contributed by atoms with Gasteiger partial charge in [-0.3, -0.25) is 7.97 Å². The topological polar surface area (TPSA) is 32.7 Å². The number of halogens is 1. The van der Waals surface area contributed by atoms with Crippen molar-refractivity contribution in [3.63, 3.8) is 0 Å². The molecule has 0 radical (unpaired) electrons. The fourth-order valence-electron chi connectivity index (χ4n) is 2.39. The molecule has 90 valence electrons. The van der Waals surface area contributed by atoms with Crippen LogP contribution in [0.3, 0.4) is 0 Å². The summed E-state index contributed by atoms with van der Waals surface area (Å²) in [6.07, 6.45) is 4.31. The van der Waals surface area contributed by atoms with Crippen molar-refractivity contribution < 1.29 is 8.17 Å². The summed E-state index contributed by atoms with van der Waals surface area (Å²) in [6, 6.07) is 0.265. The summed E-state index contributed by atoms with van der Waals surface area (Å²) in [6.45, 7) is 4.30. The van der Waals surface area contributed by atoms with E-state index in [1.807, 2.05) is 23.0 Å². The summed E-state index contributed by atoms with van der Waals surface area (Å²) in [5, 5.41) is 9.97. The standard InChI is InChI=1S/C11H22INO2/c1-8(2)11(15-12)13(3)9-6-4-5-7-10(9)14/h8-11,14H,4-7H2,1-3H3. The predicted octanol–water partition coefficient (Wildman–Crippen LogP) is 2.57. The lowest BCUT2D eigenvalue weighted by molar-refractivity contribution is -0.0493. The lowest BCUT2D eigenvalue weighted by Crippen LogP contribution is -2.50. The van der Waals surface area contributed by atoms with E-state index < -0.39 is 0 Å². The second-order valence-electron chi connectivity index (χ2n) is 4.81. The van der Waals surface area contributed by atoms with E-state index in [1.54, 1.807) is 0 Å². The van der Waals surface area contributed by atoms with Crippen LogP contribution in [0.25, 0.3) is 0 Å². The van der Waals surface area contributed by atoms with E-state index >= 15 is 0 Å². The molecule has 1 aliphatic carbocycles. The molecule has 0 aromatic heterocycles. The maximum Gasteiger partial charge on any atom is 0.125 e. The number of likely N-dealkylation sites (N-methyl/N-ethyl adjacent to an activating group) is 1. The van der Waals surface area contributed by atoms with E-state index in [9.17, 15) is 5.11 Å². The van der Waals surface area contributed by atoms with Crippen molar-refractivity contribution in [1.29, 1.82) is 0 Å². The second kappa shape index (κ2) is 6.37. The summed E-state index contributed by atoms with van der Waals surface area (Å²) in [5.41, 5.74) is 0. The third-order valence-electron chi connectivity index (χ3n) is 3.28. The van der Waals surface area contributed by atoms with Gasteiger partial charge in [-0.1, -0.05) is 26.7 Å². The van der Waals surface area contributed by atoms with E-state index in [2.05, 4.69) is 25.8 Å². The van der Waals surface area contributed by atoms with Gasteiger partial charge in [0.25, 0.3) is 0 Å². The van der Waals surface area contributed by atoms with E-state index in [4.69, 9.17) is 3.07 Å². The van der Waals surface area contributed by atoms with Gasteiger partial charge < -0.3 is 5.11 Å². The number of nitrogens with zero attached hydrogens (tertiary/aromatic N) is 1. The van der Waals surface area contributed by atoms with Crippen LogP contribution in [0.2, 0.25) is 0 Å². The molecule has 3 nitrogen and oxygen atoms in total. The Labute approximate surface area is 107 Å². The smallest absolute Gasteiger partial charge is 0.125 e. The first-order chi connectivity index (χ1) is 7.07. The quantitative estimate of drug-likeness (QED) is 0.636. The molecule has 0 bridgehead atoms. The Balaban J connectivity index is 2.59. The van der Waals surface area contributed by atoms with Gasteiger partial charge in [0.2, 0.25) is 0 Å². The highest BCUT2D eigenvalue weighted by molar-refractivity contribution is 14.1. The zero-order valence-corrected chi connectivity index (χ0v) is 12.0. The molecule has 0 aromatic rings. The van der Waals surface area contributed by atoms with Gasteiger partial charge in [0.1, 0.15) is 29.2 Å². The molecule has 0 amide bonds. The van der Waals surface area contributed by atoms with Gasteiger partial charge >= 0.3 is 0 Å². The third-order valence-corrected chi connectivity index (χ3v) is 3.80. The minimum absolute atomic E-state index is 0.100. The van der Waals surface area contributed by atoms with Crippen LogP contribution < -0.4 is 0 Å². The van der Waals surface area contributed by atoms with Gasteiger partial charge in [-0.25, -0.2) is 0 Å². The largest absolute Gasteiger partial charge is 0.391 e. The lowest BCUT2D eigenvalue weighted by Gasteiger charge is -2.40. The molecule has 1 fully saturated rings. The molecule has 0 saturated heterocycles. The summed E-state index contributed by atoms with van der Waals surface area (Å²) < 4.78 is 5.46. The highest BCUT2D eigenvalue weighted by Crippen LogP contribution is 2.26. The molecule has 15 heavy (non-hydrogen) atoms. The monoisotopic (exact) mass is 327 g/mol. The lowest BCUT2D eigenvalue weighted by atomic mass is 9.91. The third kappa shape index (κ3) is 3.54. The highest BCUT2D eigenvalue weighted by Gasteiger charge is 2.32. The molecular formula is C11H22INO2. The highest BCUT2D eigenvalue weighted by atomic mass is 127. The number of rotatable bonds is 4. The molecule has 1 aliphatic rings. The van der Waals surface area contributed by atoms with Gasteiger partial charge in [-0.05, 0) is 25.8 Å². The van der Waals surface area contributed by atoms with Crippen LogP contribution in [0.4, 0.5) is 0 Å². The molecule has 1 saturated carbocycles. The fourth-order valence-corrected chi connectivity index (χ4v) is 3.34. The van der Waals surface area contributed by atoms with E-state index in [0.717, 1.165) is 19.3 Å². The Hall–Kier alpha value is 0.610. The fraction of sp³-hybridized carbons (Fsp3) is 1.00. The van der Waals surface area contributed by atoms with Crippen molar-refractivity contribution in [1.82, 2.24) is 4.90 Å². The summed E-state index contributed by atoms with van der Waals surface area (Å²) >= 11 is 1.96. The molecule has 4 heteroatoms. The Morgan fingerprint density at radius 3 is 2.40 bits per heavy atom. The molecule has 1 N–H and O–H groups in total. The normalized spacial score (nSPS) is 29.8.